The summed E-state index contributed by atoms with van der Waals surface area (Å²) < 4.78 is 5.12. The summed E-state index contributed by atoms with van der Waals surface area (Å²) >= 11 is 0. The van der Waals surface area contributed by atoms with Crippen LogP contribution in [0.25, 0.3) is 0 Å². The number of aliphatic hydroxyl groups excluding tert-OH is 1. The van der Waals surface area contributed by atoms with Crippen LogP contribution in [0.5, 0.6) is 5.75 Å². The van der Waals surface area contributed by atoms with Gasteiger partial charge in [0.1, 0.15) is 5.75 Å². The third-order valence-corrected chi connectivity index (χ3v) is 3.68. The van der Waals surface area contributed by atoms with Crippen molar-refractivity contribution < 1.29 is 14.6 Å². The summed E-state index contributed by atoms with van der Waals surface area (Å²) in [4.78, 5) is 12.4. The summed E-state index contributed by atoms with van der Waals surface area (Å²) in [5.41, 5.74) is 2.26. The SMILES string of the molecule is COc1ccc(C(C)C(=O)Nc2ccccc2C(C)O)cc1. The van der Waals surface area contributed by atoms with Gasteiger partial charge in [0.15, 0.2) is 0 Å². The molecule has 0 saturated carbocycles. The van der Waals surface area contributed by atoms with Crippen LogP contribution >= 0.6 is 0 Å². The quantitative estimate of drug-likeness (QED) is 0.888. The molecule has 2 N–H and O–H groups in total. The second kappa shape index (κ2) is 7.09. The maximum atomic E-state index is 12.4. The number of aliphatic hydroxyl groups is 1. The largest absolute Gasteiger partial charge is 0.497 e. The zero-order valence-electron chi connectivity index (χ0n) is 13.0. The van der Waals surface area contributed by atoms with Crippen LogP contribution in [0.1, 0.15) is 37.0 Å². The van der Waals surface area contributed by atoms with Gasteiger partial charge in [0, 0.05) is 11.3 Å². The van der Waals surface area contributed by atoms with E-state index in [4.69, 9.17) is 4.74 Å². The highest BCUT2D eigenvalue weighted by molar-refractivity contribution is 5.96. The summed E-state index contributed by atoms with van der Waals surface area (Å²) in [5.74, 6) is 0.349. The lowest BCUT2D eigenvalue weighted by Gasteiger charge is -2.16. The van der Waals surface area contributed by atoms with Crippen molar-refractivity contribution in [2.75, 3.05) is 12.4 Å². The Bertz CT molecular complexity index is 635. The van der Waals surface area contributed by atoms with Crippen LogP contribution in [-0.2, 0) is 4.79 Å². The van der Waals surface area contributed by atoms with Gasteiger partial charge in [-0.3, -0.25) is 4.79 Å². The minimum atomic E-state index is -0.632. The van der Waals surface area contributed by atoms with Gasteiger partial charge in [-0.05, 0) is 37.6 Å². The van der Waals surface area contributed by atoms with E-state index in [1.54, 1.807) is 26.2 Å². The Hall–Kier alpha value is -2.33. The zero-order chi connectivity index (χ0) is 16.1. The van der Waals surface area contributed by atoms with Crippen molar-refractivity contribution in [1.82, 2.24) is 0 Å². The van der Waals surface area contributed by atoms with Crippen LogP contribution in [0.3, 0.4) is 0 Å². The van der Waals surface area contributed by atoms with Crippen LogP contribution in [0.4, 0.5) is 5.69 Å². The minimum Gasteiger partial charge on any atom is -0.497 e. The Balaban J connectivity index is 2.14. The molecule has 22 heavy (non-hydrogen) atoms. The van der Waals surface area contributed by atoms with Crippen molar-refractivity contribution in [2.24, 2.45) is 0 Å². The molecule has 0 heterocycles. The molecule has 4 heteroatoms. The maximum absolute atomic E-state index is 12.4. The predicted molar refractivity (Wildman–Crippen MR) is 87.1 cm³/mol. The average Bonchev–Trinajstić information content (AvgIpc) is 2.54. The first-order valence-corrected chi connectivity index (χ1v) is 7.24. The van der Waals surface area contributed by atoms with Gasteiger partial charge < -0.3 is 15.2 Å². The van der Waals surface area contributed by atoms with Gasteiger partial charge >= 0.3 is 0 Å². The summed E-state index contributed by atoms with van der Waals surface area (Å²) in [6, 6.07) is 14.7. The summed E-state index contributed by atoms with van der Waals surface area (Å²) in [6.07, 6.45) is -0.632. The third kappa shape index (κ3) is 3.65. The van der Waals surface area contributed by atoms with Crippen molar-refractivity contribution in [2.45, 2.75) is 25.9 Å². The fraction of sp³-hybridized carbons (Fsp3) is 0.278. The fourth-order valence-electron chi connectivity index (χ4n) is 2.26. The van der Waals surface area contributed by atoms with Crippen molar-refractivity contribution in [3.63, 3.8) is 0 Å². The van der Waals surface area contributed by atoms with Gasteiger partial charge in [-0.1, -0.05) is 30.3 Å². The standard InChI is InChI=1S/C18H21NO3/c1-12(14-8-10-15(22-3)11-9-14)18(21)19-17-7-5-4-6-16(17)13(2)20/h4-13,20H,1-3H3,(H,19,21). The molecule has 0 fully saturated rings. The number of benzene rings is 2. The molecule has 2 rings (SSSR count). The van der Waals surface area contributed by atoms with E-state index in [0.717, 1.165) is 11.3 Å². The molecule has 2 unspecified atom stereocenters. The summed E-state index contributed by atoms with van der Waals surface area (Å²) in [5, 5.41) is 12.7. The topological polar surface area (TPSA) is 58.6 Å². The molecular weight excluding hydrogens is 278 g/mol. The Morgan fingerprint density at radius 3 is 2.32 bits per heavy atom. The molecule has 1 amide bonds. The van der Waals surface area contributed by atoms with Crippen molar-refractivity contribution in [3.05, 3.63) is 59.7 Å². The van der Waals surface area contributed by atoms with E-state index < -0.39 is 6.10 Å². The lowest BCUT2D eigenvalue weighted by molar-refractivity contribution is -0.117. The van der Waals surface area contributed by atoms with E-state index in [1.165, 1.54) is 0 Å². The molecule has 2 aromatic carbocycles. The molecule has 0 aliphatic rings. The zero-order valence-corrected chi connectivity index (χ0v) is 13.0. The predicted octanol–water partition coefficient (Wildman–Crippen LogP) is 3.49. The number of carbonyl (C=O) groups excluding carboxylic acids is 1. The highest BCUT2D eigenvalue weighted by Crippen LogP contribution is 2.25. The molecule has 0 aliphatic heterocycles. The molecule has 0 aliphatic carbocycles. The first kappa shape index (κ1) is 16.0. The van der Waals surface area contributed by atoms with E-state index in [1.807, 2.05) is 43.3 Å². The molecule has 0 aromatic heterocycles. The highest BCUT2D eigenvalue weighted by atomic mass is 16.5. The Kier molecular flexibility index (Phi) is 5.17. The van der Waals surface area contributed by atoms with Gasteiger partial charge in [0.05, 0.1) is 19.1 Å². The van der Waals surface area contributed by atoms with Crippen molar-refractivity contribution in [1.29, 1.82) is 0 Å². The molecule has 0 spiro atoms. The highest BCUT2D eigenvalue weighted by Gasteiger charge is 2.17. The van der Waals surface area contributed by atoms with E-state index in [9.17, 15) is 9.90 Å². The number of methoxy groups -OCH3 is 1. The smallest absolute Gasteiger partial charge is 0.231 e. The number of ether oxygens (including phenoxy) is 1. The van der Waals surface area contributed by atoms with E-state index >= 15 is 0 Å². The Labute approximate surface area is 130 Å². The van der Waals surface area contributed by atoms with Crippen LogP contribution in [0.15, 0.2) is 48.5 Å². The summed E-state index contributed by atoms with van der Waals surface area (Å²) in [6.45, 7) is 3.53. The van der Waals surface area contributed by atoms with Gasteiger partial charge in [-0.15, -0.1) is 0 Å². The molecule has 4 nitrogen and oxygen atoms in total. The fourth-order valence-corrected chi connectivity index (χ4v) is 2.26. The second-order valence-electron chi connectivity index (χ2n) is 5.25. The number of hydrogen-bond acceptors (Lipinski definition) is 3. The normalized spacial score (nSPS) is 13.3. The Morgan fingerprint density at radius 1 is 1.09 bits per heavy atom. The molecule has 0 saturated heterocycles. The van der Waals surface area contributed by atoms with Gasteiger partial charge in [-0.25, -0.2) is 0 Å². The second-order valence-corrected chi connectivity index (χ2v) is 5.25. The number of rotatable bonds is 5. The molecule has 2 aromatic rings. The van der Waals surface area contributed by atoms with Gasteiger partial charge in [0.25, 0.3) is 0 Å². The Morgan fingerprint density at radius 2 is 1.73 bits per heavy atom. The molecular formula is C18H21NO3. The monoisotopic (exact) mass is 299 g/mol. The van der Waals surface area contributed by atoms with E-state index in [-0.39, 0.29) is 11.8 Å². The average molecular weight is 299 g/mol. The lowest BCUT2D eigenvalue weighted by atomic mass is 9.99. The first-order valence-electron chi connectivity index (χ1n) is 7.24. The van der Waals surface area contributed by atoms with Crippen LogP contribution in [0, 0.1) is 0 Å². The number of amides is 1. The van der Waals surface area contributed by atoms with Crippen LogP contribution < -0.4 is 10.1 Å². The van der Waals surface area contributed by atoms with Crippen LogP contribution in [-0.4, -0.2) is 18.1 Å². The summed E-state index contributed by atoms with van der Waals surface area (Å²) in [7, 11) is 1.61. The first-order chi connectivity index (χ1) is 10.5. The molecule has 2 atom stereocenters. The van der Waals surface area contributed by atoms with E-state index in [0.29, 0.717) is 11.3 Å². The third-order valence-electron chi connectivity index (χ3n) is 3.68. The molecule has 0 bridgehead atoms. The minimum absolute atomic E-state index is 0.113. The molecule has 116 valence electrons. The number of carbonyl (C=O) groups is 1. The van der Waals surface area contributed by atoms with Crippen LogP contribution in [0.2, 0.25) is 0 Å². The molecule has 0 radical (unpaired) electrons. The number of anilines is 1. The van der Waals surface area contributed by atoms with Crippen molar-refractivity contribution in [3.8, 4) is 5.75 Å². The maximum Gasteiger partial charge on any atom is 0.231 e. The van der Waals surface area contributed by atoms with Gasteiger partial charge in [-0.2, -0.15) is 0 Å². The lowest BCUT2D eigenvalue weighted by Crippen LogP contribution is -2.20. The number of hydrogen-bond donors (Lipinski definition) is 2. The van der Waals surface area contributed by atoms with E-state index in [2.05, 4.69) is 5.32 Å². The number of nitrogens with one attached hydrogen (secondary N) is 1. The van der Waals surface area contributed by atoms with Gasteiger partial charge in [0.2, 0.25) is 5.91 Å². The number of para-hydroxylation sites is 1. The van der Waals surface area contributed by atoms with Crippen molar-refractivity contribution >= 4 is 11.6 Å².